The Kier molecular flexibility index (Phi) is 4.44. The predicted molar refractivity (Wildman–Crippen MR) is 99.7 cm³/mol. The molecule has 2 heterocycles. The van der Waals surface area contributed by atoms with Crippen LogP contribution < -0.4 is 4.74 Å². The average molecular weight is 385 g/mol. The van der Waals surface area contributed by atoms with Crippen molar-refractivity contribution in [2.75, 3.05) is 13.1 Å². The molecule has 0 radical (unpaired) electrons. The largest absolute Gasteiger partial charge is 0.486 e. The highest BCUT2D eigenvalue weighted by molar-refractivity contribution is 6.02. The van der Waals surface area contributed by atoms with Gasteiger partial charge in [0.2, 0.25) is 0 Å². The Morgan fingerprint density at radius 2 is 1.79 bits per heavy atom. The van der Waals surface area contributed by atoms with E-state index in [0.29, 0.717) is 37.2 Å². The van der Waals surface area contributed by atoms with Gasteiger partial charge in [0.25, 0.3) is 5.91 Å². The molecule has 2 aromatic rings. The number of piperidine rings is 1. The number of benzene rings is 2. The van der Waals surface area contributed by atoms with Gasteiger partial charge >= 0.3 is 0 Å². The van der Waals surface area contributed by atoms with Crippen LogP contribution in [0.2, 0.25) is 0 Å². The fourth-order valence-electron chi connectivity index (χ4n) is 4.22. The first-order chi connectivity index (χ1) is 13.3. The quantitative estimate of drug-likeness (QED) is 0.738. The minimum Gasteiger partial charge on any atom is -0.486 e. The van der Waals surface area contributed by atoms with Crippen LogP contribution in [0.15, 0.2) is 30.3 Å². The summed E-state index contributed by atoms with van der Waals surface area (Å²) in [6.45, 7) is 4.66. The second-order valence-electron chi connectivity index (χ2n) is 7.76. The summed E-state index contributed by atoms with van der Waals surface area (Å²) in [5.41, 5.74) is 2.10. The first-order valence-corrected chi connectivity index (χ1v) is 9.36. The van der Waals surface area contributed by atoms with Crippen molar-refractivity contribution in [3.8, 4) is 5.75 Å². The number of nitrogens with zero attached hydrogens (tertiary/aromatic N) is 1. The van der Waals surface area contributed by atoms with Crippen molar-refractivity contribution in [1.82, 2.24) is 4.90 Å². The van der Waals surface area contributed by atoms with Crippen LogP contribution in [-0.2, 0) is 0 Å². The number of hydrogen-bond donors (Lipinski definition) is 0. The Bertz CT molecular complexity index is 978. The molecule has 4 nitrogen and oxygen atoms in total. The molecular weight excluding hydrogens is 364 g/mol. The lowest BCUT2D eigenvalue weighted by Gasteiger charge is -2.44. The summed E-state index contributed by atoms with van der Waals surface area (Å²) in [6.07, 6.45) is 1.32. The highest BCUT2D eigenvalue weighted by Gasteiger charge is 2.44. The highest BCUT2D eigenvalue weighted by atomic mass is 19.2. The predicted octanol–water partition coefficient (Wildman–Crippen LogP) is 4.22. The number of hydrogen-bond acceptors (Lipinski definition) is 3. The van der Waals surface area contributed by atoms with Gasteiger partial charge < -0.3 is 9.64 Å². The normalized spacial score (nSPS) is 18.0. The van der Waals surface area contributed by atoms with Crippen molar-refractivity contribution in [3.63, 3.8) is 0 Å². The maximum atomic E-state index is 13.4. The van der Waals surface area contributed by atoms with E-state index in [-0.39, 0.29) is 23.7 Å². The van der Waals surface area contributed by atoms with Crippen molar-refractivity contribution in [3.05, 3.63) is 64.2 Å². The van der Waals surface area contributed by atoms with Gasteiger partial charge in [0.05, 0.1) is 12.0 Å². The van der Waals surface area contributed by atoms with Crippen molar-refractivity contribution in [2.24, 2.45) is 0 Å². The van der Waals surface area contributed by atoms with Crippen LogP contribution in [0.3, 0.4) is 0 Å². The van der Waals surface area contributed by atoms with E-state index in [4.69, 9.17) is 4.74 Å². The lowest BCUT2D eigenvalue weighted by Crippen LogP contribution is -2.52. The number of carbonyl (C=O) groups excluding carboxylic acids is 2. The SMILES string of the molecule is Cc1cc(C)c2c(c1)OC1(CCN(C(=O)c3ccc(F)c(F)c3)CC1)CC2=O. The lowest BCUT2D eigenvalue weighted by molar-refractivity contribution is -0.00582. The van der Waals surface area contributed by atoms with Gasteiger partial charge in [-0.25, -0.2) is 8.78 Å². The van der Waals surface area contributed by atoms with Crippen LogP contribution >= 0.6 is 0 Å². The Morgan fingerprint density at radius 3 is 2.46 bits per heavy atom. The number of rotatable bonds is 1. The van der Waals surface area contributed by atoms with Crippen LogP contribution in [0.1, 0.15) is 51.1 Å². The second-order valence-corrected chi connectivity index (χ2v) is 7.76. The number of likely N-dealkylation sites (tertiary alicyclic amines) is 1. The van der Waals surface area contributed by atoms with Crippen LogP contribution in [0.4, 0.5) is 8.78 Å². The van der Waals surface area contributed by atoms with E-state index in [2.05, 4.69) is 0 Å². The lowest BCUT2D eigenvalue weighted by atomic mass is 9.81. The maximum absolute atomic E-state index is 13.4. The molecule has 0 saturated carbocycles. The number of carbonyl (C=O) groups is 2. The van der Waals surface area contributed by atoms with Crippen molar-refractivity contribution in [1.29, 1.82) is 0 Å². The summed E-state index contributed by atoms with van der Waals surface area (Å²) in [6, 6.07) is 7.03. The monoisotopic (exact) mass is 385 g/mol. The molecular formula is C22H21F2NO3. The topological polar surface area (TPSA) is 46.6 Å². The second kappa shape index (κ2) is 6.69. The Hall–Kier alpha value is -2.76. The van der Waals surface area contributed by atoms with Crippen LogP contribution in [0, 0.1) is 25.5 Å². The smallest absolute Gasteiger partial charge is 0.253 e. The third-order valence-corrected chi connectivity index (χ3v) is 5.66. The zero-order valence-corrected chi connectivity index (χ0v) is 15.9. The van der Waals surface area contributed by atoms with Gasteiger partial charge in [0, 0.05) is 31.5 Å². The molecule has 1 spiro atoms. The fourth-order valence-corrected chi connectivity index (χ4v) is 4.22. The van der Waals surface area contributed by atoms with Crippen molar-refractivity contribution >= 4 is 11.7 Å². The molecule has 0 unspecified atom stereocenters. The standard InChI is InChI=1S/C22H21F2NO3/c1-13-9-14(2)20-18(26)12-22(28-19(20)10-13)5-7-25(8-6-22)21(27)15-3-4-16(23)17(24)11-15/h3-4,9-11H,5-8,12H2,1-2H3. The van der Waals surface area contributed by atoms with Gasteiger partial charge in [0.1, 0.15) is 11.4 Å². The summed E-state index contributed by atoms with van der Waals surface area (Å²) in [5, 5.41) is 0. The first kappa shape index (κ1) is 18.6. The molecule has 6 heteroatoms. The zero-order chi connectivity index (χ0) is 20.1. The summed E-state index contributed by atoms with van der Waals surface area (Å²) in [5.74, 6) is -1.67. The third-order valence-electron chi connectivity index (χ3n) is 5.66. The van der Waals surface area contributed by atoms with Crippen LogP contribution in [0.5, 0.6) is 5.75 Å². The number of Topliss-reactive ketones (excluding diaryl/α,β-unsaturated/α-hetero) is 1. The van der Waals surface area contributed by atoms with E-state index in [1.165, 1.54) is 6.07 Å². The Morgan fingerprint density at radius 1 is 1.07 bits per heavy atom. The Balaban J connectivity index is 1.51. The minimum atomic E-state index is -1.04. The molecule has 146 valence electrons. The summed E-state index contributed by atoms with van der Waals surface area (Å²) in [7, 11) is 0. The van der Waals surface area contributed by atoms with E-state index < -0.39 is 17.2 Å². The molecule has 0 atom stereocenters. The van der Waals surface area contributed by atoms with E-state index in [1.54, 1.807) is 4.90 Å². The molecule has 28 heavy (non-hydrogen) atoms. The summed E-state index contributed by atoms with van der Waals surface area (Å²) < 4.78 is 32.8. The van der Waals surface area contributed by atoms with Gasteiger partial charge in [-0.05, 0) is 49.2 Å². The van der Waals surface area contributed by atoms with E-state index in [1.807, 2.05) is 26.0 Å². The van der Waals surface area contributed by atoms with Gasteiger partial charge in [-0.3, -0.25) is 9.59 Å². The molecule has 1 fully saturated rings. The number of halogens is 2. The average Bonchev–Trinajstić information content (AvgIpc) is 2.63. The summed E-state index contributed by atoms with van der Waals surface area (Å²) in [4.78, 5) is 27.0. The number of aryl methyl sites for hydroxylation is 2. The Labute approximate surface area is 162 Å². The molecule has 2 aromatic carbocycles. The van der Waals surface area contributed by atoms with Crippen LogP contribution in [-0.4, -0.2) is 35.3 Å². The molecule has 0 aliphatic carbocycles. The number of ether oxygens (including phenoxy) is 1. The molecule has 1 saturated heterocycles. The third kappa shape index (κ3) is 3.17. The number of fused-ring (bicyclic) bond motifs is 1. The summed E-state index contributed by atoms with van der Waals surface area (Å²) >= 11 is 0. The minimum absolute atomic E-state index is 0.0686. The number of amides is 1. The van der Waals surface area contributed by atoms with Gasteiger partial charge in [-0.2, -0.15) is 0 Å². The molecule has 4 rings (SSSR count). The molecule has 2 aliphatic rings. The number of ketones is 1. The first-order valence-electron chi connectivity index (χ1n) is 9.36. The molecule has 1 amide bonds. The molecule has 2 aliphatic heterocycles. The van der Waals surface area contributed by atoms with Crippen molar-refractivity contribution < 1.29 is 23.1 Å². The van der Waals surface area contributed by atoms with Gasteiger partial charge in [-0.15, -0.1) is 0 Å². The van der Waals surface area contributed by atoms with E-state index in [0.717, 1.165) is 23.3 Å². The van der Waals surface area contributed by atoms with Crippen LogP contribution in [0.25, 0.3) is 0 Å². The van der Waals surface area contributed by atoms with Gasteiger partial charge in [-0.1, -0.05) is 6.07 Å². The van der Waals surface area contributed by atoms with Crippen molar-refractivity contribution in [2.45, 2.75) is 38.7 Å². The highest BCUT2D eigenvalue weighted by Crippen LogP contribution is 2.41. The molecule has 0 aromatic heterocycles. The fraction of sp³-hybridized carbons (Fsp3) is 0.364. The molecule has 0 N–H and O–H groups in total. The maximum Gasteiger partial charge on any atom is 0.253 e. The van der Waals surface area contributed by atoms with E-state index >= 15 is 0 Å². The zero-order valence-electron chi connectivity index (χ0n) is 15.9. The molecule has 0 bridgehead atoms. The van der Waals surface area contributed by atoms with Gasteiger partial charge in [0.15, 0.2) is 17.4 Å². The van der Waals surface area contributed by atoms with E-state index in [9.17, 15) is 18.4 Å².